The summed E-state index contributed by atoms with van der Waals surface area (Å²) in [5.74, 6) is 0.642. The zero-order valence-electron chi connectivity index (χ0n) is 13.9. The Balaban J connectivity index is 0.00000288. The van der Waals surface area contributed by atoms with Gasteiger partial charge in [0.2, 0.25) is 0 Å². The Labute approximate surface area is 163 Å². The SMILES string of the molecule is CN=C(NCCOc1ccc(F)cc1F)NCC1(C)CCCS1.I. The van der Waals surface area contributed by atoms with E-state index in [1.807, 2.05) is 11.8 Å². The number of halogens is 3. The summed E-state index contributed by atoms with van der Waals surface area (Å²) in [6, 6.07) is 3.27. The van der Waals surface area contributed by atoms with Gasteiger partial charge in [0.15, 0.2) is 17.5 Å². The van der Waals surface area contributed by atoms with Gasteiger partial charge in [0.05, 0.1) is 6.54 Å². The molecule has 0 spiro atoms. The van der Waals surface area contributed by atoms with Crippen molar-refractivity contribution in [3.63, 3.8) is 0 Å². The smallest absolute Gasteiger partial charge is 0.191 e. The van der Waals surface area contributed by atoms with E-state index >= 15 is 0 Å². The summed E-state index contributed by atoms with van der Waals surface area (Å²) in [5.41, 5.74) is 0. The number of ether oxygens (including phenoxy) is 1. The van der Waals surface area contributed by atoms with E-state index in [2.05, 4.69) is 22.5 Å². The molecule has 1 aromatic carbocycles. The first-order valence-electron chi connectivity index (χ1n) is 7.69. The lowest BCUT2D eigenvalue weighted by Crippen LogP contribution is -2.44. The van der Waals surface area contributed by atoms with E-state index in [4.69, 9.17) is 4.74 Å². The summed E-state index contributed by atoms with van der Waals surface area (Å²) in [6.07, 6.45) is 2.46. The lowest BCUT2D eigenvalue weighted by atomic mass is 10.1. The molecule has 4 nitrogen and oxygen atoms in total. The van der Waals surface area contributed by atoms with Gasteiger partial charge in [0.25, 0.3) is 0 Å². The minimum absolute atomic E-state index is 0. The van der Waals surface area contributed by atoms with Crippen molar-refractivity contribution in [3.05, 3.63) is 29.8 Å². The number of nitrogens with one attached hydrogen (secondary N) is 2. The molecule has 1 aromatic rings. The number of guanidine groups is 1. The molecule has 1 heterocycles. The van der Waals surface area contributed by atoms with Gasteiger partial charge in [-0.25, -0.2) is 8.78 Å². The highest BCUT2D eigenvalue weighted by Crippen LogP contribution is 2.36. The van der Waals surface area contributed by atoms with Crippen LogP contribution in [-0.4, -0.2) is 43.2 Å². The van der Waals surface area contributed by atoms with Crippen LogP contribution < -0.4 is 15.4 Å². The Morgan fingerprint density at radius 3 is 2.79 bits per heavy atom. The molecule has 1 atom stereocenters. The maximum absolute atomic E-state index is 13.4. The van der Waals surface area contributed by atoms with Gasteiger partial charge in [-0.1, -0.05) is 0 Å². The van der Waals surface area contributed by atoms with E-state index in [0.717, 1.165) is 12.6 Å². The molecule has 136 valence electrons. The minimum atomic E-state index is -0.696. The highest BCUT2D eigenvalue weighted by Gasteiger charge is 2.29. The summed E-state index contributed by atoms with van der Waals surface area (Å²) in [6.45, 7) is 3.84. The average molecular weight is 471 g/mol. The molecule has 8 heteroatoms. The number of thioether (sulfide) groups is 1. The second kappa shape index (κ2) is 10.3. The molecule has 24 heavy (non-hydrogen) atoms. The third kappa shape index (κ3) is 6.62. The number of hydrogen-bond donors (Lipinski definition) is 2. The van der Waals surface area contributed by atoms with Gasteiger partial charge in [-0.15, -0.1) is 24.0 Å². The van der Waals surface area contributed by atoms with E-state index in [9.17, 15) is 8.78 Å². The van der Waals surface area contributed by atoms with Gasteiger partial charge in [0.1, 0.15) is 12.4 Å². The average Bonchev–Trinajstić information content (AvgIpc) is 2.95. The van der Waals surface area contributed by atoms with Crippen LogP contribution in [0.3, 0.4) is 0 Å². The predicted molar refractivity (Wildman–Crippen MR) is 107 cm³/mol. The molecule has 0 aromatic heterocycles. The van der Waals surface area contributed by atoms with Crippen LogP contribution in [0.5, 0.6) is 5.75 Å². The summed E-state index contributed by atoms with van der Waals surface area (Å²) >= 11 is 1.98. The normalized spacial score (nSPS) is 20.4. The minimum Gasteiger partial charge on any atom is -0.489 e. The first-order valence-corrected chi connectivity index (χ1v) is 8.67. The molecule has 0 bridgehead atoms. The molecule has 2 N–H and O–H groups in total. The van der Waals surface area contributed by atoms with Gasteiger partial charge in [0, 0.05) is 24.4 Å². The molecule has 1 aliphatic rings. The van der Waals surface area contributed by atoms with Crippen LogP contribution in [0, 0.1) is 11.6 Å². The van der Waals surface area contributed by atoms with Crippen molar-refractivity contribution in [3.8, 4) is 5.75 Å². The van der Waals surface area contributed by atoms with Crippen molar-refractivity contribution in [1.82, 2.24) is 10.6 Å². The molecule has 2 rings (SSSR count). The molecular weight excluding hydrogens is 447 g/mol. The third-order valence-corrected chi connectivity index (χ3v) is 5.24. The molecule has 1 saturated heterocycles. The maximum Gasteiger partial charge on any atom is 0.191 e. The van der Waals surface area contributed by atoms with Crippen LogP contribution in [0.2, 0.25) is 0 Å². The largest absolute Gasteiger partial charge is 0.489 e. The summed E-state index contributed by atoms with van der Waals surface area (Å²) < 4.78 is 31.8. The zero-order valence-corrected chi connectivity index (χ0v) is 17.0. The second-order valence-electron chi connectivity index (χ2n) is 5.68. The van der Waals surface area contributed by atoms with E-state index < -0.39 is 11.6 Å². The lowest BCUT2D eigenvalue weighted by Gasteiger charge is -2.24. The number of aliphatic imine (C=N–C) groups is 1. The Bertz CT molecular complexity index is 554. The van der Waals surface area contributed by atoms with Crippen molar-refractivity contribution < 1.29 is 13.5 Å². The first-order chi connectivity index (χ1) is 11.0. The van der Waals surface area contributed by atoms with Gasteiger partial charge in [-0.3, -0.25) is 4.99 Å². The van der Waals surface area contributed by atoms with Crippen LogP contribution >= 0.6 is 35.7 Å². The molecule has 0 aliphatic carbocycles. The van der Waals surface area contributed by atoms with Crippen molar-refractivity contribution in [1.29, 1.82) is 0 Å². The van der Waals surface area contributed by atoms with Gasteiger partial charge in [-0.05, 0) is 37.7 Å². The molecule has 0 saturated carbocycles. The Morgan fingerprint density at radius 1 is 1.38 bits per heavy atom. The number of rotatable bonds is 6. The van der Waals surface area contributed by atoms with Gasteiger partial charge < -0.3 is 15.4 Å². The van der Waals surface area contributed by atoms with Crippen LogP contribution in [0.1, 0.15) is 19.8 Å². The standard InChI is InChI=1S/C16H23F2N3OS.HI/c1-16(6-3-9-23-16)11-21-15(19-2)20-7-8-22-14-5-4-12(17)10-13(14)18;/h4-5,10H,3,6-9,11H2,1-2H3,(H2,19,20,21);1H. The van der Waals surface area contributed by atoms with Crippen molar-refractivity contribution >= 4 is 41.7 Å². The molecule has 1 unspecified atom stereocenters. The fourth-order valence-electron chi connectivity index (χ4n) is 2.39. The fourth-order valence-corrected chi connectivity index (χ4v) is 3.63. The highest BCUT2D eigenvalue weighted by molar-refractivity contribution is 14.0. The monoisotopic (exact) mass is 471 g/mol. The van der Waals surface area contributed by atoms with Gasteiger partial charge in [-0.2, -0.15) is 11.8 Å². The molecule has 0 amide bonds. The summed E-state index contributed by atoms with van der Waals surface area (Å²) in [5, 5.41) is 6.43. The molecule has 0 radical (unpaired) electrons. The van der Waals surface area contributed by atoms with Crippen LogP contribution in [-0.2, 0) is 0 Å². The summed E-state index contributed by atoms with van der Waals surface area (Å²) in [7, 11) is 1.71. The van der Waals surface area contributed by atoms with E-state index in [1.165, 1.54) is 30.7 Å². The molecule has 1 fully saturated rings. The quantitative estimate of drug-likeness (QED) is 0.289. The predicted octanol–water partition coefficient (Wildman–Crippen LogP) is 3.41. The molecular formula is C16H24F2IN3OS. The Hall–Kier alpha value is -0.770. The van der Waals surface area contributed by atoms with Crippen molar-refractivity contribution in [2.45, 2.75) is 24.5 Å². The second-order valence-corrected chi connectivity index (χ2v) is 7.36. The number of benzene rings is 1. The molecule has 1 aliphatic heterocycles. The fraction of sp³-hybridized carbons (Fsp3) is 0.562. The van der Waals surface area contributed by atoms with Crippen molar-refractivity contribution in [2.75, 3.05) is 32.5 Å². The van der Waals surface area contributed by atoms with Crippen LogP contribution in [0.4, 0.5) is 8.78 Å². The van der Waals surface area contributed by atoms with Crippen LogP contribution in [0.15, 0.2) is 23.2 Å². The van der Waals surface area contributed by atoms with E-state index in [-0.39, 0.29) is 41.1 Å². The van der Waals surface area contributed by atoms with E-state index in [0.29, 0.717) is 12.5 Å². The first kappa shape index (κ1) is 21.3. The van der Waals surface area contributed by atoms with E-state index in [1.54, 1.807) is 7.05 Å². The van der Waals surface area contributed by atoms with Gasteiger partial charge >= 0.3 is 0 Å². The number of hydrogen-bond acceptors (Lipinski definition) is 3. The van der Waals surface area contributed by atoms with Crippen molar-refractivity contribution in [2.24, 2.45) is 4.99 Å². The Kier molecular flexibility index (Phi) is 9.11. The lowest BCUT2D eigenvalue weighted by molar-refractivity contribution is 0.304. The summed E-state index contributed by atoms with van der Waals surface area (Å²) in [4.78, 5) is 4.16. The third-order valence-electron chi connectivity index (χ3n) is 3.70. The maximum atomic E-state index is 13.4. The highest BCUT2D eigenvalue weighted by atomic mass is 127. The zero-order chi connectivity index (χ0) is 16.7. The van der Waals surface area contributed by atoms with Crippen LogP contribution in [0.25, 0.3) is 0 Å². The Morgan fingerprint density at radius 2 is 2.17 bits per heavy atom. The topological polar surface area (TPSA) is 45.7 Å². The number of nitrogens with zero attached hydrogens (tertiary/aromatic N) is 1.